The summed E-state index contributed by atoms with van der Waals surface area (Å²) in [6.07, 6.45) is 5.34. The number of fused-ring (bicyclic) bond motifs is 3. The van der Waals surface area contributed by atoms with Crippen LogP contribution in [-0.4, -0.2) is 85.2 Å². The molecule has 4 aliphatic heterocycles. The zero-order valence-electron chi connectivity index (χ0n) is 26.9. The Morgan fingerprint density at radius 3 is 2.77 bits per heavy atom. The first-order valence-corrected chi connectivity index (χ1v) is 18.7. The Labute approximate surface area is 277 Å². The molecule has 4 aromatic rings. The van der Waals surface area contributed by atoms with Crippen LogP contribution in [0.3, 0.4) is 0 Å². The fourth-order valence-corrected chi connectivity index (χ4v) is 11.2. The first-order valence-electron chi connectivity index (χ1n) is 16.8. The van der Waals surface area contributed by atoms with E-state index in [2.05, 4.69) is 14.9 Å². The van der Waals surface area contributed by atoms with E-state index in [1.807, 2.05) is 11.8 Å². The second-order valence-corrected chi connectivity index (χ2v) is 16.6. The number of hydrogen-bond acceptors (Lipinski definition) is 9. The summed E-state index contributed by atoms with van der Waals surface area (Å²) >= 11 is 0. The molecule has 2 N–H and O–H groups in total. The van der Waals surface area contributed by atoms with Gasteiger partial charge >= 0.3 is 6.01 Å². The second kappa shape index (κ2) is 11.4. The van der Waals surface area contributed by atoms with Crippen molar-refractivity contribution >= 4 is 37.2 Å². The van der Waals surface area contributed by atoms with Gasteiger partial charge in [0.1, 0.15) is 41.4 Å². The van der Waals surface area contributed by atoms with Gasteiger partial charge in [0.05, 0.1) is 10.9 Å². The van der Waals surface area contributed by atoms with Crippen LogP contribution in [0.5, 0.6) is 11.8 Å². The standard InChI is InChI=1S/C35H39F3N6O3S/c1-2-24-27(37)6-5-21-13-23(45)14-25(28(21)24)30-29(38)31-26(16-40-30)32(43-10-3-7-34(18-43)9-12-48(39,46)20-34)42-33(41-31)47-19-35-8-4-11-44(35)17-22(36)15-35/h5-6,13-14,16,22,39,45H,2-4,7-12,15,17-20H2,1H3/t22-,34?,35+,48?/m1/s1. The number of phenolic OH excluding ortho intramolecular Hbond substituents is 1. The number of benzene rings is 2. The van der Waals surface area contributed by atoms with Crippen LogP contribution in [0.1, 0.15) is 51.0 Å². The molecule has 6 heterocycles. The molecule has 254 valence electrons. The van der Waals surface area contributed by atoms with Crippen molar-refractivity contribution in [2.75, 3.05) is 49.2 Å². The molecule has 4 fully saturated rings. The summed E-state index contributed by atoms with van der Waals surface area (Å²) in [6.45, 7) is 4.27. The molecule has 48 heavy (non-hydrogen) atoms. The van der Waals surface area contributed by atoms with Crippen molar-refractivity contribution in [2.24, 2.45) is 5.41 Å². The zero-order valence-corrected chi connectivity index (χ0v) is 27.7. The second-order valence-electron chi connectivity index (χ2n) is 14.3. The maximum atomic E-state index is 17.0. The molecule has 0 bridgehead atoms. The Morgan fingerprint density at radius 2 is 1.98 bits per heavy atom. The van der Waals surface area contributed by atoms with Crippen LogP contribution in [0, 0.1) is 21.8 Å². The molecule has 9 nitrogen and oxygen atoms in total. The number of aromatic nitrogens is 3. The van der Waals surface area contributed by atoms with E-state index >= 15 is 8.78 Å². The monoisotopic (exact) mass is 680 g/mol. The van der Waals surface area contributed by atoms with Crippen molar-refractivity contribution in [3.05, 3.63) is 47.7 Å². The number of nitrogens with one attached hydrogen (secondary N) is 1. The van der Waals surface area contributed by atoms with Gasteiger partial charge in [-0.2, -0.15) is 9.97 Å². The quantitative estimate of drug-likeness (QED) is 0.241. The molecule has 4 atom stereocenters. The molecule has 0 amide bonds. The molecule has 13 heteroatoms. The number of nitrogens with zero attached hydrogens (tertiary/aromatic N) is 5. The maximum Gasteiger partial charge on any atom is 0.319 e. The lowest BCUT2D eigenvalue weighted by atomic mass is 9.79. The highest BCUT2D eigenvalue weighted by Gasteiger charge is 2.49. The Morgan fingerprint density at radius 1 is 1.15 bits per heavy atom. The van der Waals surface area contributed by atoms with E-state index < -0.39 is 33.1 Å². The first kappa shape index (κ1) is 31.6. The van der Waals surface area contributed by atoms with Crippen LogP contribution in [0.2, 0.25) is 0 Å². The van der Waals surface area contributed by atoms with Crippen molar-refractivity contribution in [2.45, 2.75) is 63.6 Å². The van der Waals surface area contributed by atoms with E-state index in [1.54, 1.807) is 6.07 Å². The smallest absolute Gasteiger partial charge is 0.319 e. The van der Waals surface area contributed by atoms with Gasteiger partial charge in [0.15, 0.2) is 5.82 Å². The minimum atomic E-state index is -2.65. The van der Waals surface area contributed by atoms with Gasteiger partial charge in [-0.15, -0.1) is 0 Å². The number of aryl methyl sites for hydroxylation is 1. The molecule has 1 spiro atoms. The largest absolute Gasteiger partial charge is 0.508 e. The highest BCUT2D eigenvalue weighted by Crippen LogP contribution is 2.45. The average Bonchev–Trinajstić information content (AvgIpc) is 3.68. The van der Waals surface area contributed by atoms with E-state index in [1.165, 1.54) is 24.4 Å². The number of pyridine rings is 1. The van der Waals surface area contributed by atoms with Crippen LogP contribution < -0.4 is 9.64 Å². The molecule has 0 radical (unpaired) electrons. The molecular weight excluding hydrogens is 641 g/mol. The summed E-state index contributed by atoms with van der Waals surface area (Å²) in [5.74, 6) is -0.166. The Bertz CT molecular complexity index is 2070. The third-order valence-corrected chi connectivity index (χ3v) is 13.0. The Balaban J connectivity index is 1.27. The van der Waals surface area contributed by atoms with Crippen LogP contribution >= 0.6 is 0 Å². The van der Waals surface area contributed by atoms with Crippen molar-refractivity contribution in [3.8, 4) is 23.0 Å². The summed E-state index contributed by atoms with van der Waals surface area (Å²) in [7, 11) is -2.65. The number of ether oxygens (including phenoxy) is 1. The zero-order chi connectivity index (χ0) is 33.4. The molecular formula is C35H39F3N6O3S. The molecule has 2 unspecified atom stereocenters. The Hall–Kier alpha value is -3.71. The van der Waals surface area contributed by atoms with Gasteiger partial charge in [0.25, 0.3) is 0 Å². The van der Waals surface area contributed by atoms with Gasteiger partial charge in [-0.25, -0.2) is 17.4 Å². The van der Waals surface area contributed by atoms with E-state index in [9.17, 15) is 13.7 Å². The Kier molecular flexibility index (Phi) is 7.52. The molecule has 4 aliphatic rings. The number of halogens is 3. The number of hydrogen-bond donors (Lipinski definition) is 2. The van der Waals surface area contributed by atoms with Crippen molar-refractivity contribution in [1.29, 1.82) is 4.78 Å². The molecule has 2 aromatic carbocycles. The molecule has 0 aliphatic carbocycles. The summed E-state index contributed by atoms with van der Waals surface area (Å²) in [4.78, 5) is 18.1. The van der Waals surface area contributed by atoms with Crippen LogP contribution in [0.4, 0.5) is 19.0 Å². The van der Waals surface area contributed by atoms with Gasteiger partial charge < -0.3 is 14.7 Å². The van der Waals surface area contributed by atoms with Crippen LogP contribution in [0.15, 0.2) is 30.5 Å². The van der Waals surface area contributed by atoms with Gasteiger partial charge in [-0.05, 0) is 79.6 Å². The van der Waals surface area contributed by atoms with Gasteiger partial charge in [0.2, 0.25) is 0 Å². The summed E-state index contributed by atoms with van der Waals surface area (Å²) in [6, 6.07) is 5.77. The highest BCUT2D eigenvalue weighted by molar-refractivity contribution is 7.92. The van der Waals surface area contributed by atoms with Gasteiger partial charge in [-0.3, -0.25) is 14.7 Å². The van der Waals surface area contributed by atoms with Crippen molar-refractivity contribution in [3.63, 3.8) is 0 Å². The molecule has 4 saturated heterocycles. The normalized spacial score (nSPS) is 29.0. The van der Waals surface area contributed by atoms with Crippen molar-refractivity contribution in [1.82, 2.24) is 19.9 Å². The lowest BCUT2D eigenvalue weighted by Gasteiger charge is -2.40. The predicted octanol–water partition coefficient (Wildman–Crippen LogP) is 6.38. The first-order chi connectivity index (χ1) is 23.0. The third kappa shape index (κ3) is 5.24. The predicted molar refractivity (Wildman–Crippen MR) is 179 cm³/mol. The topological polar surface area (TPSA) is 116 Å². The fourth-order valence-electron chi connectivity index (χ4n) is 8.93. The lowest BCUT2D eigenvalue weighted by molar-refractivity contribution is 0.107. The van der Waals surface area contributed by atoms with Crippen molar-refractivity contribution < 1.29 is 27.2 Å². The number of aromatic hydroxyl groups is 1. The minimum Gasteiger partial charge on any atom is -0.508 e. The van der Waals surface area contributed by atoms with E-state index in [0.717, 1.165) is 32.2 Å². The highest BCUT2D eigenvalue weighted by atomic mass is 32.2. The number of anilines is 1. The minimum absolute atomic E-state index is 0.0307. The van der Waals surface area contributed by atoms with Gasteiger partial charge in [-0.1, -0.05) is 13.0 Å². The number of rotatable bonds is 6. The number of phenols is 1. The summed E-state index contributed by atoms with van der Waals surface area (Å²) in [5, 5.41) is 12.0. The molecule has 8 rings (SSSR count). The summed E-state index contributed by atoms with van der Waals surface area (Å²) < 4.78 is 73.8. The maximum absolute atomic E-state index is 17.0. The lowest BCUT2D eigenvalue weighted by Crippen LogP contribution is -2.45. The van der Waals surface area contributed by atoms with E-state index in [4.69, 9.17) is 14.5 Å². The SMILES string of the molecule is CCc1c(F)ccc2cc(O)cc(-c3ncc4c(N5CCCC6(CCS(=N)(=O)C6)C5)nc(OC[C@@]56CCCN5C[C@H](F)C6)nc4c3F)c12. The molecule has 0 saturated carbocycles. The van der Waals surface area contributed by atoms with Crippen LogP contribution in [-0.2, 0) is 16.1 Å². The molecule has 2 aromatic heterocycles. The van der Waals surface area contributed by atoms with E-state index in [-0.39, 0.29) is 40.6 Å². The fraction of sp³-hybridized carbons (Fsp3) is 0.514. The summed E-state index contributed by atoms with van der Waals surface area (Å²) in [5.41, 5.74) is -0.245. The van der Waals surface area contributed by atoms with E-state index in [0.29, 0.717) is 77.9 Å². The third-order valence-electron chi connectivity index (χ3n) is 11.1. The average molecular weight is 681 g/mol. The number of alkyl halides is 1. The van der Waals surface area contributed by atoms with Gasteiger partial charge in [0, 0.05) is 64.5 Å². The number of piperidine rings is 1. The van der Waals surface area contributed by atoms with Crippen LogP contribution in [0.25, 0.3) is 32.9 Å².